The van der Waals surface area contributed by atoms with Crippen LogP contribution in [0.25, 0.3) is 0 Å². The first-order chi connectivity index (χ1) is 7.18. The van der Waals surface area contributed by atoms with Gasteiger partial charge in [-0.25, -0.2) is 4.63 Å². The molecule has 1 aromatic heterocycles. The molecule has 0 saturated carbocycles. The van der Waals surface area contributed by atoms with E-state index in [9.17, 15) is 9.90 Å². The number of amides is 1. The number of aromatic nitrogens is 2. The van der Waals surface area contributed by atoms with E-state index in [0.29, 0.717) is 13.1 Å². The predicted molar refractivity (Wildman–Crippen MR) is 49.9 cm³/mol. The first-order valence-corrected chi connectivity index (χ1v) is 4.74. The summed E-state index contributed by atoms with van der Waals surface area (Å²) in [4.78, 5) is 13.3. The van der Waals surface area contributed by atoms with Crippen molar-refractivity contribution in [2.45, 2.75) is 18.9 Å². The van der Waals surface area contributed by atoms with Gasteiger partial charge >= 0.3 is 0 Å². The normalized spacial score (nSPS) is 21.7. The molecule has 2 heterocycles. The molecule has 1 aliphatic rings. The summed E-state index contributed by atoms with van der Waals surface area (Å²) in [6.45, 7) is 0.910. The van der Waals surface area contributed by atoms with Crippen molar-refractivity contribution in [3.63, 3.8) is 0 Å². The van der Waals surface area contributed by atoms with Gasteiger partial charge in [0.25, 0.3) is 5.91 Å². The number of aliphatic hydroxyl groups excluding tert-OH is 1. The van der Waals surface area contributed by atoms with E-state index in [1.807, 2.05) is 0 Å². The third-order valence-corrected chi connectivity index (χ3v) is 2.40. The smallest absolute Gasteiger partial charge is 0.280 e. The molecule has 1 amide bonds. The molecule has 1 atom stereocenters. The van der Waals surface area contributed by atoms with Crippen LogP contribution in [0, 0.1) is 0 Å². The molecule has 82 valence electrons. The molecule has 2 rings (SSSR count). The Morgan fingerprint density at radius 3 is 3.00 bits per heavy atom. The van der Waals surface area contributed by atoms with Gasteiger partial charge in [0, 0.05) is 13.1 Å². The average molecular weight is 212 g/mol. The Morgan fingerprint density at radius 2 is 2.40 bits per heavy atom. The fourth-order valence-electron chi connectivity index (χ4n) is 1.63. The second-order valence-electron chi connectivity index (χ2n) is 3.55. The van der Waals surface area contributed by atoms with Crippen LogP contribution in [0.1, 0.15) is 23.3 Å². The van der Waals surface area contributed by atoms with E-state index in [2.05, 4.69) is 14.9 Å². The zero-order valence-electron chi connectivity index (χ0n) is 8.09. The lowest BCUT2D eigenvalue weighted by molar-refractivity contribution is 0.0465. The number of aliphatic hydroxyl groups is 1. The van der Waals surface area contributed by atoms with E-state index in [1.165, 1.54) is 4.90 Å². The molecule has 7 nitrogen and oxygen atoms in total. The summed E-state index contributed by atoms with van der Waals surface area (Å²) >= 11 is 0. The summed E-state index contributed by atoms with van der Waals surface area (Å²) in [5.41, 5.74) is 5.42. The number of nitrogen functional groups attached to an aromatic ring is 1. The van der Waals surface area contributed by atoms with Crippen molar-refractivity contribution in [1.82, 2.24) is 15.2 Å². The van der Waals surface area contributed by atoms with Crippen molar-refractivity contribution in [2.75, 3.05) is 18.8 Å². The Labute approximate surface area is 85.8 Å². The molecule has 1 aromatic rings. The van der Waals surface area contributed by atoms with Crippen LogP contribution in [0.4, 0.5) is 5.82 Å². The molecule has 0 spiro atoms. The molecular formula is C8H12N4O3. The number of piperidine rings is 1. The Morgan fingerprint density at radius 1 is 1.60 bits per heavy atom. The number of rotatable bonds is 1. The number of β-amino-alcohol motifs (C(OH)–C–C–N with tert-alkyl or cyclic N) is 1. The third kappa shape index (κ3) is 1.91. The van der Waals surface area contributed by atoms with Crippen molar-refractivity contribution in [1.29, 1.82) is 0 Å². The second-order valence-corrected chi connectivity index (χ2v) is 3.55. The van der Waals surface area contributed by atoms with Gasteiger partial charge in [0.1, 0.15) is 0 Å². The van der Waals surface area contributed by atoms with Gasteiger partial charge in [0.05, 0.1) is 6.10 Å². The quantitative estimate of drug-likeness (QED) is 0.634. The molecular weight excluding hydrogens is 200 g/mol. The number of nitrogens with two attached hydrogens (primary N) is 1. The van der Waals surface area contributed by atoms with E-state index in [4.69, 9.17) is 5.73 Å². The average Bonchev–Trinajstić information content (AvgIpc) is 2.63. The Hall–Kier alpha value is -1.63. The number of carbonyl (C=O) groups excluding carboxylic acids is 1. The van der Waals surface area contributed by atoms with E-state index >= 15 is 0 Å². The van der Waals surface area contributed by atoms with Crippen molar-refractivity contribution in [3.05, 3.63) is 5.69 Å². The summed E-state index contributed by atoms with van der Waals surface area (Å²) in [7, 11) is 0. The number of carbonyl (C=O) groups is 1. The molecule has 3 N–H and O–H groups in total. The molecule has 1 saturated heterocycles. The number of anilines is 1. The maximum Gasteiger partial charge on any atom is 0.280 e. The Kier molecular flexibility index (Phi) is 2.55. The van der Waals surface area contributed by atoms with E-state index < -0.39 is 6.10 Å². The van der Waals surface area contributed by atoms with Crippen LogP contribution in [0.2, 0.25) is 0 Å². The number of hydrogen-bond donors (Lipinski definition) is 2. The van der Waals surface area contributed by atoms with Crippen LogP contribution < -0.4 is 5.73 Å². The summed E-state index contributed by atoms with van der Waals surface area (Å²) in [5.74, 6) is -0.354. The summed E-state index contributed by atoms with van der Waals surface area (Å²) < 4.78 is 4.35. The van der Waals surface area contributed by atoms with Crippen molar-refractivity contribution in [2.24, 2.45) is 0 Å². The monoisotopic (exact) mass is 212 g/mol. The van der Waals surface area contributed by atoms with Gasteiger partial charge in [-0.2, -0.15) is 0 Å². The van der Waals surface area contributed by atoms with Crippen LogP contribution in [-0.2, 0) is 0 Å². The second kappa shape index (κ2) is 3.85. The maximum atomic E-state index is 11.8. The van der Waals surface area contributed by atoms with E-state index in [0.717, 1.165) is 12.8 Å². The van der Waals surface area contributed by atoms with Crippen LogP contribution in [-0.4, -0.2) is 45.4 Å². The van der Waals surface area contributed by atoms with Crippen LogP contribution in [0.15, 0.2) is 4.63 Å². The minimum Gasteiger partial charge on any atom is -0.391 e. The molecule has 1 fully saturated rings. The highest BCUT2D eigenvalue weighted by Gasteiger charge is 2.27. The highest BCUT2D eigenvalue weighted by atomic mass is 16.6. The van der Waals surface area contributed by atoms with E-state index in [-0.39, 0.29) is 17.4 Å². The first-order valence-electron chi connectivity index (χ1n) is 4.74. The van der Waals surface area contributed by atoms with Crippen molar-refractivity contribution < 1.29 is 14.5 Å². The number of nitrogens with zero attached hydrogens (tertiary/aromatic N) is 3. The fourth-order valence-corrected chi connectivity index (χ4v) is 1.63. The SMILES string of the molecule is Nc1nonc1C(=O)N1CCC[C@H](O)C1. The van der Waals surface area contributed by atoms with Crippen LogP contribution in [0.5, 0.6) is 0 Å². The number of likely N-dealkylation sites (tertiary alicyclic amines) is 1. The zero-order chi connectivity index (χ0) is 10.8. The predicted octanol–water partition coefficient (Wildman–Crippen LogP) is -0.751. The van der Waals surface area contributed by atoms with Gasteiger partial charge in [-0.3, -0.25) is 4.79 Å². The molecule has 0 radical (unpaired) electrons. The Bertz CT molecular complexity index is 365. The zero-order valence-corrected chi connectivity index (χ0v) is 8.09. The lowest BCUT2D eigenvalue weighted by Crippen LogP contribution is -2.42. The van der Waals surface area contributed by atoms with Crippen molar-refractivity contribution in [3.8, 4) is 0 Å². The summed E-state index contributed by atoms with van der Waals surface area (Å²) in [6, 6.07) is 0. The lowest BCUT2D eigenvalue weighted by atomic mass is 10.1. The van der Waals surface area contributed by atoms with E-state index in [1.54, 1.807) is 0 Å². The molecule has 0 aliphatic carbocycles. The molecule has 0 bridgehead atoms. The summed E-state index contributed by atoms with van der Waals surface area (Å²) in [5, 5.41) is 16.2. The first kappa shape index (κ1) is 9.91. The van der Waals surface area contributed by atoms with Crippen molar-refractivity contribution >= 4 is 11.7 Å². The van der Waals surface area contributed by atoms with Crippen LogP contribution >= 0.6 is 0 Å². The maximum absolute atomic E-state index is 11.8. The topological polar surface area (TPSA) is 105 Å². The van der Waals surface area contributed by atoms with Gasteiger partial charge in [-0.1, -0.05) is 0 Å². The standard InChI is InChI=1S/C8H12N4O3/c9-7-6(10-15-11-7)8(14)12-3-1-2-5(13)4-12/h5,13H,1-4H2,(H2,9,11)/t5-/m0/s1. The minimum absolute atomic E-state index is 0.0138. The third-order valence-electron chi connectivity index (χ3n) is 2.40. The van der Waals surface area contributed by atoms with Gasteiger partial charge in [-0.15, -0.1) is 0 Å². The minimum atomic E-state index is -0.469. The lowest BCUT2D eigenvalue weighted by Gasteiger charge is -2.29. The molecule has 1 aliphatic heterocycles. The Balaban J connectivity index is 2.11. The molecule has 15 heavy (non-hydrogen) atoms. The fraction of sp³-hybridized carbons (Fsp3) is 0.625. The molecule has 0 aromatic carbocycles. The number of hydrogen-bond acceptors (Lipinski definition) is 6. The highest BCUT2D eigenvalue weighted by molar-refractivity contribution is 5.96. The molecule has 0 unspecified atom stereocenters. The largest absolute Gasteiger partial charge is 0.391 e. The summed E-state index contributed by atoms with van der Waals surface area (Å²) in [6.07, 6.45) is 1.03. The van der Waals surface area contributed by atoms with Gasteiger partial charge in [0.15, 0.2) is 0 Å². The molecule has 7 heteroatoms. The van der Waals surface area contributed by atoms with Gasteiger partial charge in [-0.05, 0) is 23.2 Å². The highest BCUT2D eigenvalue weighted by Crippen LogP contribution is 2.14. The van der Waals surface area contributed by atoms with Gasteiger partial charge in [0.2, 0.25) is 11.5 Å². The van der Waals surface area contributed by atoms with Gasteiger partial charge < -0.3 is 15.7 Å². The van der Waals surface area contributed by atoms with Crippen LogP contribution in [0.3, 0.4) is 0 Å².